The molecule has 0 aliphatic heterocycles. The molecule has 0 aliphatic carbocycles. The molecule has 24 heavy (non-hydrogen) atoms. The van der Waals surface area contributed by atoms with Crippen molar-refractivity contribution < 1.29 is 13.5 Å². The van der Waals surface area contributed by atoms with Gasteiger partial charge in [0, 0.05) is 12.1 Å². The minimum atomic E-state index is -0.248. The summed E-state index contributed by atoms with van der Waals surface area (Å²) in [5.41, 5.74) is 2.05. The summed E-state index contributed by atoms with van der Waals surface area (Å²) in [6, 6.07) is 18.0. The van der Waals surface area contributed by atoms with E-state index in [1.54, 1.807) is 19.2 Å². The van der Waals surface area contributed by atoms with E-state index >= 15 is 0 Å². The van der Waals surface area contributed by atoms with Gasteiger partial charge in [-0.25, -0.2) is 4.39 Å². The van der Waals surface area contributed by atoms with Gasteiger partial charge in [-0.05, 0) is 54.1 Å². The van der Waals surface area contributed by atoms with Crippen molar-refractivity contribution in [2.75, 3.05) is 7.11 Å². The fraction of sp³-hybridized carbons (Fsp3) is 0.158. The molecule has 0 radical (unpaired) electrons. The first-order valence-corrected chi connectivity index (χ1v) is 7.43. The number of hydrogen-bond acceptors (Lipinski definition) is 3. The maximum Gasteiger partial charge on any atom is 0.134 e. The quantitative estimate of drug-likeness (QED) is 0.695. The Hall–Kier alpha value is -2.30. The van der Waals surface area contributed by atoms with Crippen molar-refractivity contribution in [2.24, 2.45) is 0 Å². The summed E-state index contributed by atoms with van der Waals surface area (Å²) in [6.07, 6.45) is 0. The molecule has 3 aromatic rings. The molecule has 1 N–H and O–H groups in total. The maximum atomic E-state index is 12.9. The van der Waals surface area contributed by atoms with Gasteiger partial charge in [-0.2, -0.15) is 0 Å². The molecular formula is C19H19ClFNO2. The number of hydrogen-bond donors (Lipinski definition) is 1. The Morgan fingerprint density at radius 2 is 1.62 bits per heavy atom. The lowest BCUT2D eigenvalue weighted by Gasteiger charge is -2.05. The smallest absolute Gasteiger partial charge is 0.134 e. The van der Waals surface area contributed by atoms with Crippen LogP contribution < -0.4 is 10.1 Å². The van der Waals surface area contributed by atoms with Crippen molar-refractivity contribution in [3.63, 3.8) is 0 Å². The van der Waals surface area contributed by atoms with Gasteiger partial charge in [-0.1, -0.05) is 12.1 Å². The van der Waals surface area contributed by atoms with E-state index in [9.17, 15) is 4.39 Å². The molecule has 3 nitrogen and oxygen atoms in total. The summed E-state index contributed by atoms with van der Waals surface area (Å²) in [5, 5.41) is 3.33. The van der Waals surface area contributed by atoms with Gasteiger partial charge in [0.05, 0.1) is 13.7 Å². The molecular weight excluding hydrogens is 329 g/mol. The standard InChI is InChI=1S/C19H18FNO2.ClH/c1-22-17-8-2-14(3-9-17)12-21-13-18-10-11-19(23-18)15-4-6-16(20)7-5-15;/h2-11,21H,12-13H2,1H3;1H. The van der Waals surface area contributed by atoms with Gasteiger partial charge in [0.1, 0.15) is 23.1 Å². The van der Waals surface area contributed by atoms with Crippen molar-refractivity contribution >= 4 is 12.4 Å². The van der Waals surface area contributed by atoms with Gasteiger partial charge in [-0.15, -0.1) is 12.4 Å². The van der Waals surface area contributed by atoms with E-state index in [2.05, 4.69) is 5.32 Å². The number of benzene rings is 2. The fourth-order valence-electron chi connectivity index (χ4n) is 2.32. The van der Waals surface area contributed by atoms with Gasteiger partial charge in [0.15, 0.2) is 0 Å². The fourth-order valence-corrected chi connectivity index (χ4v) is 2.32. The van der Waals surface area contributed by atoms with Gasteiger partial charge in [0.25, 0.3) is 0 Å². The lowest BCUT2D eigenvalue weighted by Crippen LogP contribution is -2.11. The van der Waals surface area contributed by atoms with Crippen LogP contribution in [0.3, 0.4) is 0 Å². The Morgan fingerprint density at radius 3 is 2.29 bits per heavy atom. The largest absolute Gasteiger partial charge is 0.497 e. The molecule has 0 fully saturated rings. The molecule has 3 rings (SSSR count). The second kappa shape index (κ2) is 8.52. The average Bonchev–Trinajstić information content (AvgIpc) is 3.05. The molecule has 0 bridgehead atoms. The van der Waals surface area contributed by atoms with Crippen molar-refractivity contribution in [2.45, 2.75) is 13.1 Å². The van der Waals surface area contributed by atoms with Gasteiger partial charge in [-0.3, -0.25) is 0 Å². The highest BCUT2D eigenvalue weighted by Crippen LogP contribution is 2.22. The van der Waals surface area contributed by atoms with Gasteiger partial charge >= 0.3 is 0 Å². The highest BCUT2D eigenvalue weighted by Gasteiger charge is 2.05. The summed E-state index contributed by atoms with van der Waals surface area (Å²) in [5.74, 6) is 2.19. The topological polar surface area (TPSA) is 34.4 Å². The van der Waals surface area contributed by atoms with Crippen LogP contribution in [0, 0.1) is 5.82 Å². The number of nitrogens with one attached hydrogen (secondary N) is 1. The zero-order chi connectivity index (χ0) is 16.1. The van der Waals surface area contributed by atoms with E-state index in [0.29, 0.717) is 6.54 Å². The first-order chi connectivity index (χ1) is 11.2. The molecule has 0 saturated carbocycles. The molecule has 1 heterocycles. The van der Waals surface area contributed by atoms with E-state index < -0.39 is 0 Å². The summed E-state index contributed by atoms with van der Waals surface area (Å²) in [6.45, 7) is 1.38. The molecule has 2 aromatic carbocycles. The second-order valence-corrected chi connectivity index (χ2v) is 5.22. The van der Waals surface area contributed by atoms with Crippen molar-refractivity contribution in [1.29, 1.82) is 0 Å². The predicted molar refractivity (Wildman–Crippen MR) is 94.9 cm³/mol. The Labute approximate surface area is 146 Å². The number of rotatable bonds is 6. The van der Waals surface area contributed by atoms with Gasteiger partial charge < -0.3 is 14.5 Å². The van der Waals surface area contributed by atoms with Crippen molar-refractivity contribution in [3.8, 4) is 17.1 Å². The molecule has 0 atom stereocenters. The van der Waals surface area contributed by atoms with E-state index in [0.717, 1.165) is 29.4 Å². The van der Waals surface area contributed by atoms with Crippen LogP contribution >= 0.6 is 12.4 Å². The average molecular weight is 348 g/mol. The number of furan rings is 1. The second-order valence-electron chi connectivity index (χ2n) is 5.22. The SMILES string of the molecule is COc1ccc(CNCc2ccc(-c3ccc(F)cc3)o2)cc1.Cl. The van der Waals surface area contributed by atoms with Crippen LogP contribution in [-0.2, 0) is 13.1 Å². The summed E-state index contributed by atoms with van der Waals surface area (Å²) < 4.78 is 23.8. The van der Waals surface area contributed by atoms with Crippen molar-refractivity contribution in [1.82, 2.24) is 5.32 Å². The van der Waals surface area contributed by atoms with Crippen LogP contribution in [0.2, 0.25) is 0 Å². The number of methoxy groups -OCH3 is 1. The Balaban J connectivity index is 0.00000208. The van der Waals surface area contributed by atoms with Crippen LogP contribution in [-0.4, -0.2) is 7.11 Å². The van der Waals surface area contributed by atoms with Crippen LogP contribution in [0.4, 0.5) is 4.39 Å². The minimum absolute atomic E-state index is 0. The molecule has 0 spiro atoms. The highest BCUT2D eigenvalue weighted by atomic mass is 35.5. The third kappa shape index (κ3) is 4.60. The lowest BCUT2D eigenvalue weighted by molar-refractivity contribution is 0.414. The summed E-state index contributed by atoms with van der Waals surface area (Å²) in [7, 11) is 1.66. The lowest BCUT2D eigenvalue weighted by atomic mass is 10.2. The number of halogens is 2. The number of ether oxygens (including phenoxy) is 1. The van der Waals surface area contributed by atoms with E-state index in [1.165, 1.54) is 17.7 Å². The van der Waals surface area contributed by atoms with E-state index in [4.69, 9.17) is 9.15 Å². The van der Waals surface area contributed by atoms with Crippen LogP contribution in [0.25, 0.3) is 11.3 Å². The highest BCUT2D eigenvalue weighted by molar-refractivity contribution is 5.85. The minimum Gasteiger partial charge on any atom is -0.497 e. The Morgan fingerprint density at radius 1 is 0.917 bits per heavy atom. The molecule has 1 aromatic heterocycles. The molecule has 0 amide bonds. The molecule has 0 saturated heterocycles. The third-order valence-electron chi connectivity index (χ3n) is 3.58. The van der Waals surface area contributed by atoms with Crippen molar-refractivity contribution in [3.05, 3.63) is 77.8 Å². The molecule has 0 aliphatic rings. The molecule has 5 heteroatoms. The first kappa shape index (κ1) is 18.0. The molecule has 0 unspecified atom stereocenters. The Bertz CT molecular complexity index is 754. The summed E-state index contributed by atoms with van der Waals surface area (Å²) >= 11 is 0. The van der Waals surface area contributed by atoms with Gasteiger partial charge in [0.2, 0.25) is 0 Å². The van der Waals surface area contributed by atoms with Crippen LogP contribution in [0.1, 0.15) is 11.3 Å². The zero-order valence-corrected chi connectivity index (χ0v) is 14.1. The Kier molecular flexibility index (Phi) is 6.41. The van der Waals surface area contributed by atoms with Crippen LogP contribution in [0.5, 0.6) is 5.75 Å². The van der Waals surface area contributed by atoms with E-state index in [1.807, 2.05) is 36.4 Å². The molecule has 126 valence electrons. The van der Waals surface area contributed by atoms with Crippen LogP contribution in [0.15, 0.2) is 65.1 Å². The normalized spacial score (nSPS) is 10.2. The zero-order valence-electron chi connectivity index (χ0n) is 13.3. The third-order valence-corrected chi connectivity index (χ3v) is 3.58. The predicted octanol–water partition coefficient (Wildman–Crippen LogP) is 4.81. The maximum absolute atomic E-state index is 12.9. The van der Waals surface area contributed by atoms with E-state index in [-0.39, 0.29) is 18.2 Å². The monoisotopic (exact) mass is 347 g/mol. The summed E-state index contributed by atoms with van der Waals surface area (Å²) in [4.78, 5) is 0. The first-order valence-electron chi connectivity index (χ1n) is 7.43.